The number of phosphoric acid groups is 1. The van der Waals surface area contributed by atoms with E-state index in [1.54, 1.807) is 20.8 Å². The Labute approximate surface area is 246 Å². The van der Waals surface area contributed by atoms with Gasteiger partial charge in [0, 0.05) is 5.92 Å². The summed E-state index contributed by atoms with van der Waals surface area (Å²) >= 11 is 0. The predicted octanol–water partition coefficient (Wildman–Crippen LogP) is 9.12. The van der Waals surface area contributed by atoms with Gasteiger partial charge in [-0.2, -0.15) is 0 Å². The average Bonchev–Trinajstić information content (AvgIpc) is 2.81. The lowest BCUT2D eigenvalue weighted by Gasteiger charge is -2.41. The van der Waals surface area contributed by atoms with Gasteiger partial charge in [0.15, 0.2) is 8.32 Å². The van der Waals surface area contributed by atoms with Gasteiger partial charge in [-0.1, -0.05) is 105 Å². The number of rotatable bonds is 18. The van der Waals surface area contributed by atoms with Crippen LogP contribution in [-0.4, -0.2) is 50.3 Å². The topological polar surface area (TPSA) is 103 Å². The van der Waals surface area contributed by atoms with Crippen molar-refractivity contribution in [2.45, 2.75) is 168 Å². The molecule has 8 nitrogen and oxygen atoms in total. The fourth-order valence-corrected chi connectivity index (χ4v) is 6.74. The van der Waals surface area contributed by atoms with Crippen molar-refractivity contribution in [3.05, 3.63) is 0 Å². The van der Waals surface area contributed by atoms with Crippen LogP contribution in [0.1, 0.15) is 132 Å². The molecule has 0 spiro atoms. The Balaban J connectivity index is 2.73. The first kappa shape index (κ1) is 37.6. The van der Waals surface area contributed by atoms with Crippen LogP contribution in [0.15, 0.2) is 0 Å². The number of ether oxygens (including phenoxy) is 1. The number of alkyl carbamates (subject to hydrolysis) is 1. The largest absolute Gasteiger partial charge is 0.472 e. The number of amides is 1. The average molecular weight is 608 g/mol. The Morgan fingerprint density at radius 3 is 1.93 bits per heavy atom. The fraction of sp³-hybridized carbons (Fsp3) is 0.967. The summed E-state index contributed by atoms with van der Waals surface area (Å²) in [5.41, 5.74) is -0.674. The molecule has 40 heavy (non-hydrogen) atoms. The maximum atomic E-state index is 12.8. The van der Waals surface area contributed by atoms with Crippen LogP contribution in [0.4, 0.5) is 4.79 Å². The SMILES string of the molecule is CCCCCCCCCCCCCC[C@@H]1COP(=O)(O)O[C@@H]1[C@H](CO[Si](C)(C)C(C)(C)C)NC(=O)OC(C)(C)C. The highest BCUT2D eigenvalue weighted by Gasteiger charge is 2.45. The zero-order chi connectivity index (χ0) is 30.5. The van der Waals surface area contributed by atoms with Crippen LogP contribution in [0.2, 0.25) is 18.1 Å². The second kappa shape index (κ2) is 17.6. The van der Waals surface area contributed by atoms with Crippen LogP contribution in [0.3, 0.4) is 0 Å². The molecule has 1 aliphatic rings. The minimum absolute atomic E-state index is 0.0271. The van der Waals surface area contributed by atoms with Crippen LogP contribution >= 0.6 is 7.82 Å². The molecule has 1 aliphatic heterocycles. The normalized spacial score (nSPS) is 23.1. The number of carbonyl (C=O) groups is 1. The van der Waals surface area contributed by atoms with Crippen molar-refractivity contribution in [1.29, 1.82) is 0 Å². The first-order valence-corrected chi connectivity index (χ1v) is 20.2. The van der Waals surface area contributed by atoms with Gasteiger partial charge in [0.2, 0.25) is 0 Å². The van der Waals surface area contributed by atoms with Gasteiger partial charge >= 0.3 is 13.9 Å². The van der Waals surface area contributed by atoms with E-state index in [1.807, 2.05) is 0 Å². The summed E-state index contributed by atoms with van der Waals surface area (Å²) < 4.78 is 35.3. The second-order valence-corrected chi connectivity index (χ2v) is 20.3. The molecule has 0 aromatic heterocycles. The van der Waals surface area contributed by atoms with Gasteiger partial charge in [-0.05, 0) is 45.3 Å². The number of hydrogen-bond donors (Lipinski definition) is 2. The zero-order valence-electron chi connectivity index (χ0n) is 27.2. The molecule has 1 rings (SSSR count). The Hall–Kier alpha value is -0.443. The summed E-state index contributed by atoms with van der Waals surface area (Å²) in [5.74, 6) is -0.139. The molecule has 10 heteroatoms. The quantitative estimate of drug-likeness (QED) is 0.0910. The number of unbranched alkanes of at least 4 members (excludes halogenated alkanes) is 11. The van der Waals surface area contributed by atoms with Crippen molar-refractivity contribution >= 4 is 22.2 Å². The van der Waals surface area contributed by atoms with Crippen LogP contribution < -0.4 is 5.32 Å². The highest BCUT2D eigenvalue weighted by atomic mass is 31.2. The Bertz CT molecular complexity index is 766. The maximum absolute atomic E-state index is 12.8. The van der Waals surface area contributed by atoms with Crippen molar-refractivity contribution in [1.82, 2.24) is 5.32 Å². The van der Waals surface area contributed by atoms with E-state index >= 15 is 0 Å². The predicted molar refractivity (Wildman–Crippen MR) is 166 cm³/mol. The van der Waals surface area contributed by atoms with E-state index in [2.05, 4.69) is 46.1 Å². The minimum atomic E-state index is -4.22. The van der Waals surface area contributed by atoms with Crippen molar-refractivity contribution < 1.29 is 32.5 Å². The number of phosphoric ester groups is 1. The number of hydrogen-bond acceptors (Lipinski definition) is 6. The summed E-state index contributed by atoms with van der Waals surface area (Å²) in [7, 11) is -6.38. The van der Waals surface area contributed by atoms with E-state index in [0.29, 0.717) is 0 Å². The van der Waals surface area contributed by atoms with Gasteiger partial charge in [-0.3, -0.25) is 9.05 Å². The smallest absolute Gasteiger partial charge is 0.444 e. The van der Waals surface area contributed by atoms with Crippen LogP contribution in [0.25, 0.3) is 0 Å². The molecular weight excluding hydrogens is 545 g/mol. The molecule has 0 aromatic carbocycles. The maximum Gasteiger partial charge on any atom is 0.472 e. The van der Waals surface area contributed by atoms with E-state index in [4.69, 9.17) is 18.2 Å². The molecule has 0 saturated carbocycles. The van der Waals surface area contributed by atoms with Crippen LogP contribution in [0, 0.1) is 5.92 Å². The molecular formula is C30H62NO7PSi. The van der Waals surface area contributed by atoms with Crippen molar-refractivity contribution in [2.75, 3.05) is 13.2 Å². The molecule has 2 N–H and O–H groups in total. The first-order valence-electron chi connectivity index (χ1n) is 15.8. The molecule has 1 amide bonds. The molecule has 4 atom stereocenters. The van der Waals surface area contributed by atoms with Crippen molar-refractivity contribution in [3.63, 3.8) is 0 Å². The molecule has 238 valence electrons. The summed E-state index contributed by atoms with van der Waals surface area (Å²) in [6.45, 7) is 18.7. The van der Waals surface area contributed by atoms with Gasteiger partial charge < -0.3 is 19.4 Å². The van der Waals surface area contributed by atoms with Gasteiger partial charge in [0.1, 0.15) is 5.60 Å². The zero-order valence-corrected chi connectivity index (χ0v) is 29.1. The standard InChI is InChI=1S/C30H62NO7PSi/c1-10-11-12-13-14-15-16-17-18-19-20-21-22-25-23-35-39(33,34)38-27(25)26(31-28(32)37-29(2,3)4)24-36-40(8,9)30(5,6)7/h25-27H,10-24H2,1-9H3,(H,31,32)(H,33,34)/t25-,26+,27+/m1/s1. The molecule has 0 aliphatic carbocycles. The van der Waals surface area contributed by atoms with E-state index in [0.717, 1.165) is 19.3 Å². The Kier molecular flexibility index (Phi) is 16.6. The van der Waals surface area contributed by atoms with E-state index < -0.39 is 40.0 Å². The lowest BCUT2D eigenvalue weighted by atomic mass is 9.91. The first-order chi connectivity index (χ1) is 18.5. The molecule has 1 fully saturated rings. The lowest BCUT2D eigenvalue weighted by molar-refractivity contribution is -0.0332. The molecule has 1 saturated heterocycles. The summed E-state index contributed by atoms with van der Waals surface area (Å²) in [6.07, 6.45) is 14.7. The summed E-state index contributed by atoms with van der Waals surface area (Å²) in [6, 6.07) is -0.643. The second-order valence-electron chi connectivity index (χ2n) is 14.1. The van der Waals surface area contributed by atoms with E-state index in [1.165, 1.54) is 64.2 Å². The van der Waals surface area contributed by atoms with Crippen LogP contribution in [0.5, 0.6) is 0 Å². The molecule has 0 bridgehead atoms. The number of carbonyl (C=O) groups excluding carboxylic acids is 1. The Morgan fingerprint density at radius 2 is 1.45 bits per heavy atom. The summed E-state index contributed by atoms with van der Waals surface area (Å²) in [4.78, 5) is 23.0. The van der Waals surface area contributed by atoms with E-state index in [-0.39, 0.29) is 24.2 Å². The molecule has 1 heterocycles. The van der Waals surface area contributed by atoms with Gasteiger partial charge in [-0.25, -0.2) is 9.36 Å². The van der Waals surface area contributed by atoms with Gasteiger partial charge in [-0.15, -0.1) is 0 Å². The van der Waals surface area contributed by atoms with Crippen molar-refractivity contribution in [3.8, 4) is 0 Å². The molecule has 1 unspecified atom stereocenters. The highest BCUT2D eigenvalue weighted by Crippen LogP contribution is 2.51. The Morgan fingerprint density at radius 1 is 0.950 bits per heavy atom. The summed E-state index contributed by atoms with van der Waals surface area (Å²) in [5, 5.41) is 2.88. The fourth-order valence-electron chi connectivity index (χ4n) is 4.64. The lowest BCUT2D eigenvalue weighted by Crippen LogP contribution is -2.55. The van der Waals surface area contributed by atoms with Crippen molar-refractivity contribution in [2.24, 2.45) is 5.92 Å². The third-order valence-electron chi connectivity index (χ3n) is 8.13. The molecule has 0 radical (unpaired) electrons. The number of nitrogens with one attached hydrogen (secondary N) is 1. The third kappa shape index (κ3) is 15.7. The minimum Gasteiger partial charge on any atom is -0.444 e. The monoisotopic (exact) mass is 607 g/mol. The van der Waals surface area contributed by atoms with E-state index in [9.17, 15) is 14.3 Å². The molecule has 0 aromatic rings. The van der Waals surface area contributed by atoms with Crippen LogP contribution in [-0.2, 0) is 22.8 Å². The third-order valence-corrected chi connectivity index (χ3v) is 13.6. The van der Waals surface area contributed by atoms with Gasteiger partial charge in [0.25, 0.3) is 0 Å². The highest BCUT2D eigenvalue weighted by molar-refractivity contribution is 7.47. The van der Waals surface area contributed by atoms with Gasteiger partial charge in [0.05, 0.1) is 25.4 Å².